The molecule has 0 aliphatic carbocycles. The van der Waals surface area contributed by atoms with Crippen LogP contribution in [0.25, 0.3) is 5.52 Å². The number of aromatic nitrogens is 2. The van der Waals surface area contributed by atoms with E-state index in [1.807, 2.05) is 13.8 Å². The Labute approximate surface area is 192 Å². The second kappa shape index (κ2) is 11.1. The highest BCUT2D eigenvalue weighted by Crippen LogP contribution is 2.20. The van der Waals surface area contributed by atoms with Crippen molar-refractivity contribution in [3.05, 3.63) is 40.1 Å². The smallest absolute Gasteiger partial charge is 0.333 e. The van der Waals surface area contributed by atoms with Crippen LogP contribution in [-0.4, -0.2) is 69.5 Å². The molecule has 2 aromatic heterocycles. The van der Waals surface area contributed by atoms with Crippen LogP contribution < -0.4 is 16.3 Å². The quantitative estimate of drug-likeness (QED) is 0.490. The number of carboxylic acids is 1. The lowest BCUT2D eigenvalue weighted by Crippen LogP contribution is -2.34. The fourth-order valence-electron chi connectivity index (χ4n) is 4.31. The van der Waals surface area contributed by atoms with E-state index in [0.29, 0.717) is 36.8 Å². The van der Waals surface area contributed by atoms with Gasteiger partial charge in [-0.1, -0.05) is 0 Å². The van der Waals surface area contributed by atoms with E-state index < -0.39 is 11.9 Å². The largest absolute Gasteiger partial charge is 0.481 e. The summed E-state index contributed by atoms with van der Waals surface area (Å²) in [7, 11) is 0. The van der Waals surface area contributed by atoms with Crippen LogP contribution in [-0.2, 0) is 11.3 Å². The molecule has 1 fully saturated rings. The van der Waals surface area contributed by atoms with E-state index in [2.05, 4.69) is 10.6 Å². The van der Waals surface area contributed by atoms with E-state index >= 15 is 0 Å². The lowest BCUT2D eigenvalue weighted by atomic mass is 9.95. The Morgan fingerprint density at radius 2 is 1.88 bits per heavy atom. The molecule has 10 heteroatoms. The molecule has 2 aromatic rings. The highest BCUT2D eigenvalue weighted by Gasteiger charge is 2.25. The molecule has 0 saturated carbocycles. The molecule has 3 rings (SSSR count). The summed E-state index contributed by atoms with van der Waals surface area (Å²) >= 11 is 0. The SMILES string of the molecule is CCN(CC)C(=O)c1c2ccc(C(=O)NCCC(=O)O)cn2c(=O)n1CCC1CCNCC1. The number of hydrogen-bond donors (Lipinski definition) is 3. The Morgan fingerprint density at radius 3 is 2.52 bits per heavy atom. The lowest BCUT2D eigenvalue weighted by Gasteiger charge is -2.23. The zero-order valence-corrected chi connectivity index (χ0v) is 19.3. The van der Waals surface area contributed by atoms with Crippen molar-refractivity contribution >= 4 is 23.3 Å². The third-order valence-corrected chi connectivity index (χ3v) is 6.26. The molecule has 0 unspecified atom stereocenters. The fourth-order valence-corrected chi connectivity index (χ4v) is 4.31. The Hall–Kier alpha value is -3.14. The maximum Gasteiger partial charge on any atom is 0.333 e. The molecule has 180 valence electrons. The third kappa shape index (κ3) is 5.62. The van der Waals surface area contributed by atoms with Crippen LogP contribution in [0.5, 0.6) is 0 Å². The molecule has 33 heavy (non-hydrogen) atoms. The van der Waals surface area contributed by atoms with Crippen LogP contribution >= 0.6 is 0 Å². The first-order chi connectivity index (χ1) is 15.9. The van der Waals surface area contributed by atoms with Gasteiger partial charge in [-0.05, 0) is 64.3 Å². The van der Waals surface area contributed by atoms with E-state index in [0.717, 1.165) is 32.4 Å². The van der Waals surface area contributed by atoms with Gasteiger partial charge in [-0.2, -0.15) is 0 Å². The molecule has 0 bridgehead atoms. The fraction of sp³-hybridized carbons (Fsp3) is 0.565. The van der Waals surface area contributed by atoms with Gasteiger partial charge >= 0.3 is 11.7 Å². The molecular weight excluding hydrogens is 426 g/mol. The third-order valence-electron chi connectivity index (χ3n) is 6.26. The predicted octanol–water partition coefficient (Wildman–Crippen LogP) is 1.18. The zero-order valence-electron chi connectivity index (χ0n) is 19.3. The standard InChI is InChI=1S/C23H33N5O5/c1-3-26(4-2)22(32)20-18-6-5-17(21(31)25-13-9-19(29)30)15-28(18)23(33)27(20)14-10-16-7-11-24-12-8-16/h5-6,15-16,24H,3-4,7-14H2,1-2H3,(H,25,31)(H,29,30). The van der Waals surface area contributed by atoms with Crippen LogP contribution in [0.1, 0.15) is 60.4 Å². The molecule has 3 heterocycles. The van der Waals surface area contributed by atoms with Gasteiger partial charge in [-0.25, -0.2) is 4.79 Å². The predicted molar refractivity (Wildman–Crippen MR) is 124 cm³/mol. The minimum atomic E-state index is -1.01. The average Bonchev–Trinajstić information content (AvgIpc) is 3.09. The van der Waals surface area contributed by atoms with Crippen molar-refractivity contribution in [2.24, 2.45) is 5.92 Å². The minimum Gasteiger partial charge on any atom is -0.481 e. The maximum atomic E-state index is 13.3. The first-order valence-corrected chi connectivity index (χ1v) is 11.6. The highest BCUT2D eigenvalue weighted by atomic mass is 16.4. The highest BCUT2D eigenvalue weighted by molar-refractivity contribution is 6.00. The van der Waals surface area contributed by atoms with E-state index in [1.54, 1.807) is 21.6 Å². The van der Waals surface area contributed by atoms with E-state index in [4.69, 9.17) is 5.11 Å². The Balaban J connectivity index is 1.96. The second-order valence-electron chi connectivity index (χ2n) is 8.31. The first-order valence-electron chi connectivity index (χ1n) is 11.6. The number of imidazole rings is 1. The van der Waals surface area contributed by atoms with Crippen molar-refractivity contribution < 1.29 is 19.5 Å². The Morgan fingerprint density at radius 1 is 1.18 bits per heavy atom. The summed E-state index contributed by atoms with van der Waals surface area (Å²) in [5, 5.41) is 14.6. The number of carbonyl (C=O) groups excluding carboxylic acids is 2. The van der Waals surface area contributed by atoms with Crippen molar-refractivity contribution in [2.75, 3.05) is 32.7 Å². The first kappa shape index (κ1) is 24.5. The average molecular weight is 460 g/mol. The van der Waals surface area contributed by atoms with Crippen molar-refractivity contribution in [3.8, 4) is 0 Å². The number of carbonyl (C=O) groups is 3. The number of hydrogen-bond acceptors (Lipinski definition) is 5. The van der Waals surface area contributed by atoms with Crippen molar-refractivity contribution in [3.63, 3.8) is 0 Å². The molecule has 0 aromatic carbocycles. The summed E-state index contributed by atoms with van der Waals surface area (Å²) in [6.45, 7) is 7.20. The molecule has 2 amide bonds. The number of fused-ring (bicyclic) bond motifs is 1. The van der Waals surface area contributed by atoms with Gasteiger partial charge in [0.15, 0.2) is 0 Å². The Kier molecular flexibility index (Phi) is 8.26. The topological polar surface area (TPSA) is 125 Å². The molecular formula is C23H33N5O5. The number of nitrogens with one attached hydrogen (secondary N) is 2. The summed E-state index contributed by atoms with van der Waals surface area (Å²) in [5.74, 6) is -1.19. The number of amides is 2. The number of carboxylic acid groups (broad SMARTS) is 1. The molecule has 0 radical (unpaired) electrons. The number of rotatable bonds is 10. The van der Waals surface area contributed by atoms with Crippen LogP contribution in [0, 0.1) is 5.92 Å². The summed E-state index contributed by atoms with van der Waals surface area (Å²) < 4.78 is 2.90. The molecule has 3 N–H and O–H groups in total. The summed E-state index contributed by atoms with van der Waals surface area (Å²) in [6, 6.07) is 3.17. The number of nitrogens with zero attached hydrogens (tertiary/aromatic N) is 3. The van der Waals surface area contributed by atoms with Crippen LogP contribution in [0.2, 0.25) is 0 Å². The molecule has 0 spiro atoms. The normalized spacial score (nSPS) is 14.4. The van der Waals surface area contributed by atoms with Crippen LogP contribution in [0.4, 0.5) is 0 Å². The van der Waals surface area contributed by atoms with Crippen molar-refractivity contribution in [1.82, 2.24) is 24.5 Å². The summed E-state index contributed by atoms with van der Waals surface area (Å²) in [6.07, 6.45) is 4.13. The van der Waals surface area contributed by atoms with Crippen LogP contribution in [0.3, 0.4) is 0 Å². The Bertz CT molecular complexity index is 1060. The van der Waals surface area contributed by atoms with Gasteiger partial charge in [0, 0.05) is 32.4 Å². The summed E-state index contributed by atoms with van der Waals surface area (Å²) in [5.41, 5.74) is 0.682. The van der Waals surface area contributed by atoms with Gasteiger partial charge in [0.2, 0.25) is 0 Å². The molecule has 1 aliphatic rings. The van der Waals surface area contributed by atoms with Gasteiger partial charge < -0.3 is 20.6 Å². The van der Waals surface area contributed by atoms with Gasteiger partial charge in [0.1, 0.15) is 5.69 Å². The van der Waals surface area contributed by atoms with E-state index in [1.165, 1.54) is 10.6 Å². The van der Waals surface area contributed by atoms with E-state index in [-0.39, 0.29) is 30.1 Å². The lowest BCUT2D eigenvalue weighted by molar-refractivity contribution is -0.136. The maximum absolute atomic E-state index is 13.3. The van der Waals surface area contributed by atoms with Gasteiger partial charge in [-0.3, -0.25) is 23.4 Å². The minimum absolute atomic E-state index is 0.00987. The number of pyridine rings is 1. The molecule has 1 saturated heterocycles. The van der Waals surface area contributed by atoms with Crippen molar-refractivity contribution in [1.29, 1.82) is 0 Å². The molecule has 0 atom stereocenters. The van der Waals surface area contributed by atoms with Gasteiger partial charge in [0.25, 0.3) is 11.8 Å². The van der Waals surface area contributed by atoms with Gasteiger partial charge in [0.05, 0.1) is 17.5 Å². The summed E-state index contributed by atoms with van der Waals surface area (Å²) in [4.78, 5) is 51.5. The zero-order chi connectivity index (χ0) is 24.0. The molecule has 1 aliphatic heterocycles. The number of piperidine rings is 1. The van der Waals surface area contributed by atoms with Crippen molar-refractivity contribution in [2.45, 2.75) is 46.1 Å². The second-order valence-corrected chi connectivity index (χ2v) is 8.31. The number of aliphatic carboxylic acids is 1. The monoisotopic (exact) mass is 459 g/mol. The van der Waals surface area contributed by atoms with E-state index in [9.17, 15) is 19.2 Å². The molecule has 10 nitrogen and oxygen atoms in total. The van der Waals surface area contributed by atoms with Gasteiger partial charge in [-0.15, -0.1) is 0 Å². The van der Waals surface area contributed by atoms with Crippen LogP contribution in [0.15, 0.2) is 23.1 Å².